The minimum atomic E-state index is 0.715. The van der Waals surface area contributed by atoms with Crippen LogP contribution < -0.4 is 9.80 Å². The Bertz CT molecular complexity index is 825. The second kappa shape index (κ2) is 5.39. The lowest BCUT2D eigenvalue weighted by molar-refractivity contribution is 0.974. The highest BCUT2D eigenvalue weighted by Crippen LogP contribution is 2.41. The molecule has 0 amide bonds. The summed E-state index contributed by atoms with van der Waals surface area (Å²) in [6.07, 6.45) is 3.50. The first-order chi connectivity index (χ1) is 11.2. The summed E-state index contributed by atoms with van der Waals surface area (Å²) < 4.78 is 0. The first-order valence-electron chi connectivity index (χ1n) is 7.72. The topological polar surface area (TPSA) is 32.3 Å². The molecule has 1 aliphatic rings. The molecule has 0 fully saturated rings. The predicted molar refractivity (Wildman–Crippen MR) is 93.5 cm³/mol. The standard InChI is InChI=1S/C19H18N4/c1-14-10-15(2)12-17(11-14)23-13-22(16-6-4-3-5-7-16)18-19(23)21-9-8-20-18/h3-12H,13H2,1-2H3. The molecule has 114 valence electrons. The maximum atomic E-state index is 4.57. The summed E-state index contributed by atoms with van der Waals surface area (Å²) in [6, 6.07) is 16.9. The first-order valence-corrected chi connectivity index (χ1v) is 7.72. The summed E-state index contributed by atoms with van der Waals surface area (Å²) in [4.78, 5) is 13.5. The van der Waals surface area contributed by atoms with Gasteiger partial charge in [0.2, 0.25) is 0 Å². The molecule has 0 saturated heterocycles. The van der Waals surface area contributed by atoms with Gasteiger partial charge in [-0.2, -0.15) is 0 Å². The average molecular weight is 302 g/mol. The van der Waals surface area contributed by atoms with Crippen molar-refractivity contribution in [1.29, 1.82) is 0 Å². The Morgan fingerprint density at radius 2 is 1.30 bits per heavy atom. The molecule has 2 heterocycles. The maximum absolute atomic E-state index is 4.57. The fourth-order valence-electron chi connectivity index (χ4n) is 3.10. The second-order valence-electron chi connectivity index (χ2n) is 5.88. The Morgan fingerprint density at radius 1 is 0.739 bits per heavy atom. The summed E-state index contributed by atoms with van der Waals surface area (Å²) in [7, 11) is 0. The van der Waals surface area contributed by atoms with Crippen molar-refractivity contribution in [2.24, 2.45) is 0 Å². The minimum Gasteiger partial charge on any atom is -0.305 e. The summed E-state index contributed by atoms with van der Waals surface area (Å²) >= 11 is 0. The molecule has 23 heavy (non-hydrogen) atoms. The number of aromatic nitrogens is 2. The summed E-state index contributed by atoms with van der Waals surface area (Å²) in [5.41, 5.74) is 4.79. The van der Waals surface area contributed by atoms with E-state index in [0.717, 1.165) is 23.0 Å². The van der Waals surface area contributed by atoms with Gasteiger partial charge >= 0.3 is 0 Å². The lowest BCUT2D eigenvalue weighted by atomic mass is 10.1. The Kier molecular flexibility index (Phi) is 3.23. The highest BCUT2D eigenvalue weighted by molar-refractivity contribution is 5.81. The summed E-state index contributed by atoms with van der Waals surface area (Å²) in [5.74, 6) is 1.80. The predicted octanol–water partition coefficient (Wildman–Crippen LogP) is 4.34. The van der Waals surface area contributed by atoms with Gasteiger partial charge in [0, 0.05) is 23.8 Å². The van der Waals surface area contributed by atoms with Crippen LogP contribution in [-0.4, -0.2) is 16.6 Å². The van der Waals surface area contributed by atoms with Gasteiger partial charge in [-0.05, 0) is 49.2 Å². The lowest BCUT2D eigenvalue weighted by Crippen LogP contribution is -2.24. The number of aryl methyl sites for hydroxylation is 2. The molecule has 0 saturated carbocycles. The van der Waals surface area contributed by atoms with Crippen LogP contribution in [0.1, 0.15) is 11.1 Å². The zero-order valence-electron chi connectivity index (χ0n) is 13.3. The maximum Gasteiger partial charge on any atom is 0.178 e. The molecule has 0 bridgehead atoms. The van der Waals surface area contributed by atoms with E-state index in [-0.39, 0.29) is 0 Å². The molecule has 1 aromatic heterocycles. The molecule has 1 aliphatic heterocycles. The normalized spacial score (nSPS) is 13.3. The van der Waals surface area contributed by atoms with Crippen LogP contribution in [0.4, 0.5) is 23.0 Å². The van der Waals surface area contributed by atoms with Crippen LogP contribution in [0.25, 0.3) is 0 Å². The number of benzene rings is 2. The molecule has 0 atom stereocenters. The van der Waals surface area contributed by atoms with E-state index in [1.54, 1.807) is 12.4 Å². The molecule has 0 aliphatic carbocycles. The average Bonchev–Trinajstić information content (AvgIpc) is 2.94. The Morgan fingerprint density at radius 3 is 1.91 bits per heavy atom. The Labute approximate surface area is 136 Å². The second-order valence-corrected chi connectivity index (χ2v) is 5.88. The van der Waals surface area contributed by atoms with Gasteiger partial charge in [-0.15, -0.1) is 0 Å². The van der Waals surface area contributed by atoms with Gasteiger partial charge < -0.3 is 9.80 Å². The van der Waals surface area contributed by atoms with Crippen molar-refractivity contribution in [3.63, 3.8) is 0 Å². The third-order valence-electron chi connectivity index (χ3n) is 4.04. The van der Waals surface area contributed by atoms with E-state index in [2.05, 4.69) is 63.9 Å². The number of para-hydroxylation sites is 1. The van der Waals surface area contributed by atoms with Crippen LogP contribution in [0, 0.1) is 13.8 Å². The Balaban J connectivity index is 1.81. The van der Waals surface area contributed by atoms with Crippen LogP contribution in [0.3, 0.4) is 0 Å². The van der Waals surface area contributed by atoms with Crippen molar-refractivity contribution in [3.05, 3.63) is 72.1 Å². The van der Waals surface area contributed by atoms with Gasteiger partial charge in [0.1, 0.15) is 6.67 Å². The summed E-state index contributed by atoms with van der Waals surface area (Å²) in [5, 5.41) is 0. The van der Waals surface area contributed by atoms with Gasteiger partial charge in [0.15, 0.2) is 11.6 Å². The van der Waals surface area contributed by atoms with E-state index in [9.17, 15) is 0 Å². The van der Waals surface area contributed by atoms with Crippen molar-refractivity contribution in [3.8, 4) is 0 Å². The smallest absolute Gasteiger partial charge is 0.178 e. The van der Waals surface area contributed by atoms with Crippen molar-refractivity contribution in [2.45, 2.75) is 13.8 Å². The van der Waals surface area contributed by atoms with Crippen molar-refractivity contribution >= 4 is 23.0 Å². The molecular weight excluding hydrogens is 284 g/mol. The fraction of sp³-hybridized carbons (Fsp3) is 0.158. The molecule has 0 N–H and O–H groups in total. The van der Waals surface area contributed by atoms with Crippen LogP contribution in [0.2, 0.25) is 0 Å². The highest BCUT2D eigenvalue weighted by Gasteiger charge is 2.30. The highest BCUT2D eigenvalue weighted by atomic mass is 15.4. The van der Waals surface area contributed by atoms with Gasteiger partial charge in [0.25, 0.3) is 0 Å². The van der Waals surface area contributed by atoms with Crippen molar-refractivity contribution in [2.75, 3.05) is 16.5 Å². The molecule has 4 nitrogen and oxygen atoms in total. The number of anilines is 4. The van der Waals surface area contributed by atoms with E-state index in [0.29, 0.717) is 6.67 Å². The molecule has 2 aromatic carbocycles. The van der Waals surface area contributed by atoms with Crippen LogP contribution in [0.5, 0.6) is 0 Å². The number of fused-ring (bicyclic) bond motifs is 1. The van der Waals surface area contributed by atoms with Crippen LogP contribution >= 0.6 is 0 Å². The quantitative estimate of drug-likeness (QED) is 0.705. The van der Waals surface area contributed by atoms with E-state index in [4.69, 9.17) is 0 Å². The largest absolute Gasteiger partial charge is 0.305 e. The molecule has 3 aromatic rings. The third kappa shape index (κ3) is 2.42. The molecule has 0 radical (unpaired) electrons. The lowest BCUT2D eigenvalue weighted by Gasteiger charge is -2.21. The Hall–Kier alpha value is -2.88. The molecule has 4 rings (SSSR count). The van der Waals surface area contributed by atoms with Crippen molar-refractivity contribution in [1.82, 2.24) is 9.97 Å². The zero-order valence-corrected chi connectivity index (χ0v) is 13.3. The van der Waals surface area contributed by atoms with E-state index < -0.39 is 0 Å². The van der Waals surface area contributed by atoms with Gasteiger partial charge in [-0.1, -0.05) is 24.3 Å². The number of hydrogen-bond donors (Lipinski definition) is 0. The van der Waals surface area contributed by atoms with Crippen LogP contribution in [-0.2, 0) is 0 Å². The van der Waals surface area contributed by atoms with Crippen molar-refractivity contribution < 1.29 is 0 Å². The number of nitrogens with zero attached hydrogens (tertiary/aromatic N) is 4. The van der Waals surface area contributed by atoms with E-state index >= 15 is 0 Å². The zero-order chi connectivity index (χ0) is 15.8. The molecule has 0 unspecified atom stereocenters. The van der Waals surface area contributed by atoms with Gasteiger partial charge in [-0.3, -0.25) is 0 Å². The molecule has 4 heteroatoms. The number of hydrogen-bond acceptors (Lipinski definition) is 4. The van der Waals surface area contributed by atoms with Crippen LogP contribution in [0.15, 0.2) is 60.9 Å². The third-order valence-corrected chi connectivity index (χ3v) is 4.04. The number of rotatable bonds is 2. The molecule has 0 spiro atoms. The molecular formula is C19H18N4. The van der Waals surface area contributed by atoms with E-state index in [1.807, 2.05) is 18.2 Å². The van der Waals surface area contributed by atoms with Gasteiger partial charge in [-0.25, -0.2) is 9.97 Å². The first kappa shape index (κ1) is 13.8. The minimum absolute atomic E-state index is 0.715. The summed E-state index contributed by atoms with van der Waals surface area (Å²) in [6.45, 7) is 4.96. The van der Waals surface area contributed by atoms with E-state index in [1.165, 1.54) is 11.1 Å². The monoisotopic (exact) mass is 302 g/mol. The fourth-order valence-corrected chi connectivity index (χ4v) is 3.10. The SMILES string of the molecule is Cc1cc(C)cc(N2CN(c3ccccc3)c3nccnc32)c1. The van der Waals surface area contributed by atoms with Gasteiger partial charge in [0.05, 0.1) is 0 Å².